The van der Waals surface area contributed by atoms with Crippen LogP contribution >= 0.6 is 0 Å². The van der Waals surface area contributed by atoms with Crippen LogP contribution in [0.3, 0.4) is 0 Å². The second-order valence-electron chi connectivity index (χ2n) is 3.82. The molecule has 1 nitrogen and oxygen atoms in total. The van der Waals surface area contributed by atoms with Gasteiger partial charge in [-0.25, -0.2) is 0 Å². The smallest absolute Gasteiger partial charge is 1.00 e. The average molecular weight is 357 g/mol. The zero-order valence-electron chi connectivity index (χ0n) is 9.78. The minimum absolute atomic E-state index is 0. The van der Waals surface area contributed by atoms with E-state index in [0.717, 1.165) is 5.76 Å². The number of halogens is 2. The van der Waals surface area contributed by atoms with Crippen LogP contribution in [0.25, 0.3) is 22.1 Å². The van der Waals surface area contributed by atoms with Crippen LogP contribution in [-0.4, -0.2) is 0 Å². The Morgan fingerprint density at radius 1 is 1.06 bits per heavy atom. The largest absolute Gasteiger partial charge is 3.00 e. The second kappa shape index (κ2) is 7.23. The maximum absolute atomic E-state index is 5.44. The summed E-state index contributed by atoms with van der Waals surface area (Å²) in [6.45, 7) is 2.12. The number of rotatable bonds is 1. The van der Waals surface area contributed by atoms with Gasteiger partial charge in [0.05, 0.1) is 6.26 Å². The zero-order chi connectivity index (χ0) is 10.3. The predicted octanol–water partition coefficient (Wildman–Crippen LogP) is -1.87. The third kappa shape index (κ3) is 3.12. The van der Waals surface area contributed by atoms with Gasteiger partial charge in [-0.2, -0.15) is 6.07 Å². The van der Waals surface area contributed by atoms with Gasteiger partial charge < -0.3 is 29.2 Å². The molecule has 0 saturated carbocycles. The van der Waals surface area contributed by atoms with Crippen molar-refractivity contribution in [1.29, 1.82) is 0 Å². The summed E-state index contributed by atoms with van der Waals surface area (Å²) in [4.78, 5) is 0. The summed E-state index contributed by atoms with van der Waals surface area (Å²) in [5.41, 5.74) is 2.47. The molecule has 0 amide bonds. The van der Waals surface area contributed by atoms with E-state index in [1.54, 1.807) is 6.26 Å². The van der Waals surface area contributed by atoms with Crippen LogP contribution in [-0.2, 0) is 26.2 Å². The van der Waals surface area contributed by atoms with E-state index in [1.807, 2.05) is 12.1 Å². The number of aryl methyl sites for hydroxylation is 1. The first-order valence-corrected chi connectivity index (χ1v) is 5.04. The van der Waals surface area contributed by atoms with Crippen LogP contribution in [0.15, 0.2) is 53.1 Å². The minimum atomic E-state index is 0. The van der Waals surface area contributed by atoms with Crippen molar-refractivity contribution < 1.29 is 55.4 Å². The molecular formula is C14H11Cl2OZr. The Morgan fingerprint density at radius 2 is 1.83 bits per heavy atom. The summed E-state index contributed by atoms with van der Waals surface area (Å²) >= 11 is 0. The van der Waals surface area contributed by atoms with E-state index in [1.165, 1.54) is 21.9 Å². The van der Waals surface area contributed by atoms with Crippen molar-refractivity contribution in [2.75, 3.05) is 0 Å². The fourth-order valence-corrected chi connectivity index (χ4v) is 2.03. The van der Waals surface area contributed by atoms with E-state index in [-0.39, 0.29) is 51.0 Å². The van der Waals surface area contributed by atoms with E-state index in [4.69, 9.17) is 4.42 Å². The average Bonchev–Trinajstić information content (AvgIpc) is 2.82. The van der Waals surface area contributed by atoms with Crippen LogP contribution in [0.2, 0.25) is 0 Å². The first kappa shape index (κ1) is 17.6. The maximum atomic E-state index is 5.44. The molecule has 3 rings (SSSR count). The molecule has 0 fully saturated rings. The molecule has 1 heterocycles. The molecule has 3 aromatic rings. The molecule has 91 valence electrons. The van der Waals surface area contributed by atoms with Crippen molar-refractivity contribution >= 4 is 10.8 Å². The fourth-order valence-electron chi connectivity index (χ4n) is 2.03. The van der Waals surface area contributed by atoms with E-state index in [0.29, 0.717) is 0 Å². The summed E-state index contributed by atoms with van der Waals surface area (Å²) in [7, 11) is 0. The fraction of sp³-hybridized carbons (Fsp3) is 0.0714. The summed E-state index contributed by atoms with van der Waals surface area (Å²) in [6, 6.07) is 14.6. The number of fused-ring (bicyclic) bond motifs is 1. The Morgan fingerprint density at radius 3 is 2.50 bits per heavy atom. The van der Waals surface area contributed by atoms with Crippen molar-refractivity contribution in [3.05, 3.63) is 54.3 Å². The van der Waals surface area contributed by atoms with Gasteiger partial charge in [0.1, 0.15) is 5.76 Å². The summed E-state index contributed by atoms with van der Waals surface area (Å²) in [5.74, 6) is 0.936. The minimum Gasteiger partial charge on any atom is -1.00 e. The van der Waals surface area contributed by atoms with Gasteiger partial charge in [-0.05, 0) is 17.7 Å². The third-order valence-electron chi connectivity index (χ3n) is 2.68. The third-order valence-corrected chi connectivity index (χ3v) is 2.68. The molecule has 0 unspecified atom stereocenters. The molecule has 2 aromatic carbocycles. The van der Waals surface area contributed by atoms with Crippen molar-refractivity contribution in [2.24, 2.45) is 0 Å². The number of hydrogen-bond donors (Lipinski definition) is 0. The van der Waals surface area contributed by atoms with Gasteiger partial charge in [0.25, 0.3) is 0 Å². The summed E-state index contributed by atoms with van der Waals surface area (Å²) in [5, 5.41) is 2.55. The van der Waals surface area contributed by atoms with Gasteiger partial charge in [-0.15, -0.1) is 34.5 Å². The monoisotopic (exact) mass is 355 g/mol. The molecule has 0 aliphatic heterocycles. The Labute approximate surface area is 138 Å². The van der Waals surface area contributed by atoms with Gasteiger partial charge in [0.15, 0.2) is 0 Å². The van der Waals surface area contributed by atoms with Crippen LogP contribution in [0.5, 0.6) is 0 Å². The van der Waals surface area contributed by atoms with Crippen molar-refractivity contribution in [2.45, 2.75) is 6.92 Å². The zero-order valence-corrected chi connectivity index (χ0v) is 13.8. The molecule has 0 aliphatic rings. The molecule has 0 N–H and O–H groups in total. The first-order valence-electron chi connectivity index (χ1n) is 5.04. The molecule has 0 saturated heterocycles. The van der Waals surface area contributed by atoms with Gasteiger partial charge >= 0.3 is 26.2 Å². The SMILES string of the molecule is Cc1cc2c(-c3ccco3)cccc2[cH-]1.[Cl-].[Cl-].[Zr+3]. The van der Waals surface area contributed by atoms with E-state index in [2.05, 4.69) is 37.3 Å². The summed E-state index contributed by atoms with van der Waals surface area (Å²) in [6.07, 6.45) is 1.71. The Balaban J connectivity index is 0.000000963. The van der Waals surface area contributed by atoms with E-state index < -0.39 is 0 Å². The Bertz CT molecular complexity index is 599. The Kier molecular flexibility index (Phi) is 7.06. The van der Waals surface area contributed by atoms with Crippen molar-refractivity contribution in [1.82, 2.24) is 0 Å². The molecule has 0 spiro atoms. The number of benzene rings is 1. The van der Waals surface area contributed by atoms with Crippen LogP contribution in [0.4, 0.5) is 0 Å². The molecule has 1 aromatic heterocycles. The first-order chi connectivity index (χ1) is 7.34. The topological polar surface area (TPSA) is 13.1 Å². The number of hydrogen-bond acceptors (Lipinski definition) is 1. The number of furan rings is 1. The van der Waals surface area contributed by atoms with Gasteiger partial charge in [0.2, 0.25) is 0 Å². The normalized spacial score (nSPS) is 9.17. The standard InChI is InChI=1S/C14H11O.2ClH.Zr/c1-10-8-11-4-2-5-12(13(11)9-10)14-6-3-7-15-14;;;/h2-9H,1H3;2*1H;/q-1;;;+3/p-2. The molecule has 4 heteroatoms. The molecular weight excluding hydrogens is 346 g/mol. The quantitative estimate of drug-likeness (QED) is 0.466. The maximum Gasteiger partial charge on any atom is 3.00 e. The van der Waals surface area contributed by atoms with Crippen molar-refractivity contribution in [3.63, 3.8) is 0 Å². The second-order valence-corrected chi connectivity index (χ2v) is 3.82. The van der Waals surface area contributed by atoms with E-state index in [9.17, 15) is 0 Å². The van der Waals surface area contributed by atoms with Gasteiger partial charge in [0, 0.05) is 0 Å². The van der Waals surface area contributed by atoms with Crippen molar-refractivity contribution in [3.8, 4) is 11.3 Å². The molecule has 0 atom stereocenters. The van der Waals surface area contributed by atoms with Crippen LogP contribution in [0.1, 0.15) is 5.56 Å². The molecule has 0 bridgehead atoms. The van der Waals surface area contributed by atoms with Crippen LogP contribution < -0.4 is 24.8 Å². The predicted molar refractivity (Wildman–Crippen MR) is 62.0 cm³/mol. The van der Waals surface area contributed by atoms with E-state index >= 15 is 0 Å². The Hall–Kier alpha value is -0.427. The summed E-state index contributed by atoms with van der Waals surface area (Å²) < 4.78 is 5.44. The van der Waals surface area contributed by atoms with Gasteiger partial charge in [-0.3, -0.25) is 0 Å². The molecule has 0 aliphatic carbocycles. The van der Waals surface area contributed by atoms with Crippen LogP contribution in [0, 0.1) is 6.92 Å². The van der Waals surface area contributed by atoms with Gasteiger partial charge in [-0.1, -0.05) is 13.0 Å². The molecule has 1 radical (unpaired) electrons. The molecule has 18 heavy (non-hydrogen) atoms.